The standard InChI is InChI=1S/C24H21FN4O2.Li/c1-5-22(29-31)14(3)6-13(2)15(4)19-8-18-12-27-23(9-16(18)7-17(19)11-26)28-24(30)20-10-21(20)25;/h3-4,6-9,12,20-21,31H,5,10H2,1-2H3,(H,27,28,30);/q-2;+1/b13-6-,29-22+;/t20-,21+;/m1./s1. The fourth-order valence-corrected chi connectivity index (χ4v) is 3.17. The van der Waals surface area contributed by atoms with E-state index >= 15 is 0 Å². The minimum atomic E-state index is -1.09. The molecule has 1 aliphatic rings. The second-order valence-electron chi connectivity index (χ2n) is 7.37. The van der Waals surface area contributed by atoms with Gasteiger partial charge in [-0.1, -0.05) is 26.3 Å². The molecule has 2 aromatic rings. The normalized spacial score (nSPS) is 17.8. The van der Waals surface area contributed by atoms with Crippen molar-refractivity contribution in [3.63, 3.8) is 0 Å². The summed E-state index contributed by atoms with van der Waals surface area (Å²) < 4.78 is 13.1. The molecule has 2 atom stereocenters. The number of benzene rings is 1. The first-order valence-corrected chi connectivity index (χ1v) is 9.73. The van der Waals surface area contributed by atoms with Crippen molar-refractivity contribution in [2.24, 2.45) is 11.1 Å². The van der Waals surface area contributed by atoms with Crippen molar-refractivity contribution < 1.29 is 33.3 Å². The third kappa shape index (κ3) is 5.34. The average molecular weight is 423 g/mol. The third-order valence-electron chi connectivity index (χ3n) is 5.16. The fraction of sp³-hybridized carbons (Fsp3) is 0.250. The molecule has 1 fully saturated rings. The molecule has 1 aromatic carbocycles. The topological polar surface area (TPSA) is 98.4 Å². The van der Waals surface area contributed by atoms with Crippen LogP contribution in [-0.2, 0) is 4.79 Å². The number of pyridine rings is 1. The van der Waals surface area contributed by atoms with E-state index in [1.54, 1.807) is 44.3 Å². The van der Waals surface area contributed by atoms with E-state index in [2.05, 4.69) is 21.5 Å². The number of halogens is 1. The number of fused-ring (bicyclic) bond motifs is 1. The van der Waals surface area contributed by atoms with Gasteiger partial charge in [-0.15, -0.1) is 5.56 Å². The van der Waals surface area contributed by atoms with Gasteiger partial charge in [-0.25, -0.2) is 39.8 Å². The van der Waals surface area contributed by atoms with E-state index in [9.17, 15) is 14.4 Å². The van der Waals surface area contributed by atoms with E-state index in [1.807, 2.05) is 0 Å². The number of nitrogens with one attached hydrogen (secondary N) is 1. The number of allylic oxidation sites excluding steroid dienone is 4. The minimum Gasteiger partial charge on any atom is -0.423 e. The zero-order valence-corrected chi connectivity index (χ0v) is 18.2. The molecule has 0 aliphatic heterocycles. The van der Waals surface area contributed by atoms with E-state index in [1.165, 1.54) is 0 Å². The van der Waals surface area contributed by atoms with E-state index in [-0.39, 0.29) is 30.9 Å². The summed E-state index contributed by atoms with van der Waals surface area (Å²) in [6.45, 7) is 15.8. The number of amides is 1. The zero-order chi connectivity index (χ0) is 22.7. The van der Waals surface area contributed by atoms with Crippen LogP contribution in [0.25, 0.3) is 16.3 Å². The summed E-state index contributed by atoms with van der Waals surface area (Å²) in [5.74, 6) is -0.729. The van der Waals surface area contributed by atoms with Gasteiger partial charge in [-0.05, 0) is 35.0 Å². The number of nitrogens with zero attached hydrogens (tertiary/aromatic N) is 3. The molecule has 0 radical (unpaired) electrons. The molecule has 1 heterocycles. The van der Waals surface area contributed by atoms with Gasteiger partial charge in [-0.3, -0.25) is 4.79 Å². The SMILES string of the molecule is [CH-]=C(/C=C(/C)C(=[CH-])c1cc2cnc(NC(=O)[C@@H]3C[C@@H]3F)cc2cc1C#N)/C(CC)=N/O.[Li+]. The Morgan fingerprint density at radius 2 is 2.09 bits per heavy atom. The number of hydrogen-bond acceptors (Lipinski definition) is 5. The van der Waals surface area contributed by atoms with Crippen LogP contribution >= 0.6 is 0 Å². The Labute approximate surface area is 198 Å². The van der Waals surface area contributed by atoms with Gasteiger partial charge in [0.1, 0.15) is 12.0 Å². The van der Waals surface area contributed by atoms with Crippen LogP contribution in [-0.4, -0.2) is 28.0 Å². The van der Waals surface area contributed by atoms with Crippen molar-refractivity contribution in [2.75, 3.05) is 5.32 Å². The van der Waals surface area contributed by atoms with Crippen molar-refractivity contribution in [3.8, 4) is 6.07 Å². The first-order valence-electron chi connectivity index (χ1n) is 9.73. The van der Waals surface area contributed by atoms with Gasteiger partial charge in [0.05, 0.1) is 12.0 Å². The van der Waals surface area contributed by atoms with E-state index < -0.39 is 18.0 Å². The van der Waals surface area contributed by atoms with E-state index in [4.69, 9.17) is 18.4 Å². The van der Waals surface area contributed by atoms with Gasteiger partial charge in [-0.2, -0.15) is 16.0 Å². The van der Waals surface area contributed by atoms with Crippen molar-refractivity contribution in [1.29, 1.82) is 5.26 Å². The van der Waals surface area contributed by atoms with Crippen LogP contribution in [0.1, 0.15) is 37.8 Å². The largest absolute Gasteiger partial charge is 1.00 e. The number of oxime groups is 1. The second-order valence-corrected chi connectivity index (χ2v) is 7.37. The first-order chi connectivity index (χ1) is 14.8. The number of nitriles is 1. The smallest absolute Gasteiger partial charge is 0.423 e. The Bertz CT molecular complexity index is 1200. The molecule has 0 saturated heterocycles. The Hall–Kier alpha value is -3.19. The number of carbonyl (C=O) groups is 1. The van der Waals surface area contributed by atoms with Crippen molar-refractivity contribution in [2.45, 2.75) is 32.9 Å². The predicted molar refractivity (Wildman–Crippen MR) is 117 cm³/mol. The molecule has 1 amide bonds. The Balaban J connectivity index is 0.00000363. The number of alkyl halides is 1. The van der Waals surface area contributed by atoms with Gasteiger partial charge in [0.25, 0.3) is 0 Å². The summed E-state index contributed by atoms with van der Waals surface area (Å²) in [6, 6.07) is 7.14. The fourth-order valence-electron chi connectivity index (χ4n) is 3.17. The average Bonchev–Trinajstić information content (AvgIpc) is 3.49. The molecule has 1 aromatic heterocycles. The molecular weight excluding hydrogens is 402 g/mol. The van der Waals surface area contributed by atoms with E-state index in [0.717, 1.165) is 0 Å². The molecule has 6 nitrogen and oxygen atoms in total. The number of anilines is 1. The molecular formula is C24H21FLiN4O2-. The van der Waals surface area contributed by atoms with Crippen LogP contribution in [0.15, 0.2) is 46.8 Å². The van der Waals surface area contributed by atoms with Crippen LogP contribution in [0.2, 0.25) is 0 Å². The predicted octanol–water partition coefficient (Wildman–Crippen LogP) is 1.77. The molecule has 0 unspecified atom stereocenters. The molecule has 0 spiro atoms. The minimum absolute atomic E-state index is 0. The molecule has 3 rings (SSSR count). The summed E-state index contributed by atoms with van der Waals surface area (Å²) >= 11 is 0. The van der Waals surface area contributed by atoms with E-state index in [0.29, 0.717) is 51.0 Å². The van der Waals surface area contributed by atoms with Crippen LogP contribution in [0, 0.1) is 30.4 Å². The monoisotopic (exact) mass is 423 g/mol. The Morgan fingerprint density at radius 3 is 2.66 bits per heavy atom. The van der Waals surface area contributed by atoms with Gasteiger partial charge in [0, 0.05) is 11.8 Å². The molecule has 32 heavy (non-hydrogen) atoms. The third-order valence-corrected chi connectivity index (χ3v) is 5.16. The number of hydrogen-bond donors (Lipinski definition) is 2. The molecule has 2 N–H and O–H groups in total. The maximum absolute atomic E-state index is 13.1. The molecule has 158 valence electrons. The maximum Gasteiger partial charge on any atom is 1.00 e. The molecule has 8 heteroatoms. The summed E-state index contributed by atoms with van der Waals surface area (Å²) in [4.78, 5) is 16.1. The summed E-state index contributed by atoms with van der Waals surface area (Å²) in [5, 5.41) is 25.8. The van der Waals surface area contributed by atoms with Crippen molar-refractivity contribution in [3.05, 3.63) is 65.9 Å². The van der Waals surface area contributed by atoms with Crippen molar-refractivity contribution in [1.82, 2.24) is 4.98 Å². The van der Waals surface area contributed by atoms with Crippen LogP contribution in [0.5, 0.6) is 0 Å². The first kappa shape index (κ1) is 25.1. The summed E-state index contributed by atoms with van der Waals surface area (Å²) in [7, 11) is 0. The van der Waals surface area contributed by atoms with Gasteiger partial charge in [0.15, 0.2) is 0 Å². The maximum atomic E-state index is 13.1. The van der Waals surface area contributed by atoms with Crippen LogP contribution in [0.3, 0.4) is 0 Å². The Kier molecular flexibility index (Phi) is 8.16. The molecule has 1 saturated carbocycles. The summed E-state index contributed by atoms with van der Waals surface area (Å²) in [6.07, 6.45) is 2.73. The molecule has 1 aliphatic carbocycles. The van der Waals surface area contributed by atoms with Gasteiger partial charge in [0.2, 0.25) is 5.91 Å². The molecule has 0 bridgehead atoms. The second kappa shape index (κ2) is 10.4. The zero-order valence-electron chi connectivity index (χ0n) is 18.2. The van der Waals surface area contributed by atoms with Crippen LogP contribution < -0.4 is 24.2 Å². The number of aromatic nitrogens is 1. The number of rotatable bonds is 7. The van der Waals surface area contributed by atoms with Crippen molar-refractivity contribution >= 4 is 33.8 Å². The quantitative estimate of drug-likeness (QED) is 0.177. The Morgan fingerprint density at radius 1 is 1.41 bits per heavy atom. The summed E-state index contributed by atoms with van der Waals surface area (Å²) in [5.41, 5.74) is 2.39. The number of carbonyl (C=O) groups excluding carboxylic acids is 1. The van der Waals surface area contributed by atoms with Gasteiger partial charge >= 0.3 is 18.9 Å². The van der Waals surface area contributed by atoms with Gasteiger partial charge < -0.3 is 10.5 Å². The van der Waals surface area contributed by atoms with Crippen LogP contribution in [0.4, 0.5) is 10.2 Å².